The van der Waals surface area contributed by atoms with Crippen molar-refractivity contribution < 1.29 is 4.79 Å². The summed E-state index contributed by atoms with van der Waals surface area (Å²) in [5.41, 5.74) is 3.49. The van der Waals surface area contributed by atoms with Crippen LogP contribution in [0.15, 0.2) is 18.2 Å². The Hall–Kier alpha value is -1.35. The third-order valence-corrected chi connectivity index (χ3v) is 5.42. The van der Waals surface area contributed by atoms with Crippen molar-refractivity contribution in [2.75, 3.05) is 26.2 Å². The first-order valence-corrected chi connectivity index (χ1v) is 9.13. The third kappa shape index (κ3) is 3.60. The maximum absolute atomic E-state index is 12.8. The molecule has 23 heavy (non-hydrogen) atoms. The molecule has 2 fully saturated rings. The molecule has 1 atom stereocenters. The minimum atomic E-state index is -0.238. The van der Waals surface area contributed by atoms with Crippen LogP contribution in [0.3, 0.4) is 0 Å². The van der Waals surface area contributed by atoms with E-state index in [4.69, 9.17) is 0 Å². The Morgan fingerprint density at radius 3 is 2.57 bits per heavy atom. The number of likely N-dealkylation sites (tertiary alicyclic amines) is 1. The molecule has 1 aliphatic carbocycles. The van der Waals surface area contributed by atoms with Gasteiger partial charge in [0, 0.05) is 13.1 Å². The molecule has 0 spiro atoms. The molecule has 0 radical (unpaired) electrons. The zero-order valence-corrected chi connectivity index (χ0v) is 14.8. The molecule has 126 valence electrons. The molecular formula is C20H30N2O. The van der Waals surface area contributed by atoms with Crippen LogP contribution in [0, 0.1) is 19.8 Å². The molecule has 0 bridgehead atoms. The zero-order valence-electron chi connectivity index (χ0n) is 14.8. The van der Waals surface area contributed by atoms with Gasteiger partial charge in [0.05, 0.1) is 5.41 Å². The first-order chi connectivity index (χ1) is 11.0. The highest BCUT2D eigenvalue weighted by atomic mass is 16.2. The average Bonchev–Trinajstić information content (AvgIpc) is 3.20. The molecule has 1 saturated heterocycles. The van der Waals surface area contributed by atoms with Gasteiger partial charge in [0.25, 0.3) is 0 Å². The Balaban J connectivity index is 1.58. The predicted molar refractivity (Wildman–Crippen MR) is 94.7 cm³/mol. The van der Waals surface area contributed by atoms with Gasteiger partial charge in [0.15, 0.2) is 0 Å². The average molecular weight is 314 g/mol. The Morgan fingerprint density at radius 1 is 1.26 bits per heavy atom. The Morgan fingerprint density at radius 2 is 1.96 bits per heavy atom. The minimum absolute atomic E-state index is 0.238. The molecule has 1 N–H and O–H groups in total. The van der Waals surface area contributed by atoms with Gasteiger partial charge < -0.3 is 10.2 Å². The van der Waals surface area contributed by atoms with E-state index in [0.717, 1.165) is 25.9 Å². The summed E-state index contributed by atoms with van der Waals surface area (Å²) in [6.45, 7) is 10.8. The lowest BCUT2D eigenvalue weighted by Gasteiger charge is -2.19. The largest absolute Gasteiger partial charge is 0.355 e. The van der Waals surface area contributed by atoms with Gasteiger partial charge in [0.1, 0.15) is 0 Å². The van der Waals surface area contributed by atoms with Crippen molar-refractivity contribution in [1.82, 2.24) is 10.2 Å². The fraction of sp³-hybridized carbons (Fsp3) is 0.650. The molecule has 3 rings (SSSR count). The molecule has 1 aromatic rings. The number of nitrogens with zero attached hydrogens (tertiary/aromatic N) is 1. The topological polar surface area (TPSA) is 32.3 Å². The molecule has 1 saturated carbocycles. The Bertz CT molecular complexity index is 557. The van der Waals surface area contributed by atoms with E-state index < -0.39 is 0 Å². The smallest absolute Gasteiger partial charge is 0.230 e. The number of aryl methyl sites for hydroxylation is 2. The monoisotopic (exact) mass is 314 g/mol. The van der Waals surface area contributed by atoms with E-state index >= 15 is 0 Å². The van der Waals surface area contributed by atoms with E-state index in [-0.39, 0.29) is 11.3 Å². The highest BCUT2D eigenvalue weighted by molar-refractivity contribution is 5.91. The fourth-order valence-corrected chi connectivity index (χ4v) is 4.03. The van der Waals surface area contributed by atoms with Gasteiger partial charge in [-0.2, -0.15) is 0 Å². The summed E-state index contributed by atoms with van der Waals surface area (Å²) in [6.07, 6.45) is 4.43. The predicted octanol–water partition coefficient (Wildman–Crippen LogP) is 3.18. The maximum Gasteiger partial charge on any atom is 0.230 e. The van der Waals surface area contributed by atoms with Crippen LogP contribution in [0.5, 0.6) is 0 Å². The Kier molecular flexibility index (Phi) is 4.77. The van der Waals surface area contributed by atoms with Crippen molar-refractivity contribution in [1.29, 1.82) is 0 Å². The van der Waals surface area contributed by atoms with E-state index in [1.807, 2.05) is 0 Å². The number of hydrogen-bond donors (Lipinski definition) is 1. The normalized spacial score (nSPS) is 23.0. The number of nitrogens with one attached hydrogen (secondary N) is 1. The number of hydrogen-bond acceptors (Lipinski definition) is 2. The standard InChI is InChI=1S/C20H30N2O/c1-4-8-22-9-5-17(14-22)13-21-19(23)20(6-7-20)18-11-15(2)10-16(3)12-18/h10-12,17H,4-9,13-14H2,1-3H3,(H,21,23)/t17-/m0/s1. The van der Waals surface area contributed by atoms with E-state index in [0.29, 0.717) is 5.92 Å². The van der Waals surface area contributed by atoms with Crippen molar-refractivity contribution in [3.63, 3.8) is 0 Å². The zero-order chi connectivity index (χ0) is 16.4. The van der Waals surface area contributed by atoms with Crippen LogP contribution in [0.2, 0.25) is 0 Å². The number of carbonyl (C=O) groups excluding carboxylic acids is 1. The molecule has 3 nitrogen and oxygen atoms in total. The van der Waals surface area contributed by atoms with Crippen molar-refractivity contribution in [2.45, 2.75) is 51.9 Å². The first-order valence-electron chi connectivity index (χ1n) is 9.13. The molecule has 1 heterocycles. The molecule has 1 aliphatic heterocycles. The lowest BCUT2D eigenvalue weighted by Crippen LogP contribution is -2.38. The highest BCUT2D eigenvalue weighted by Gasteiger charge is 2.51. The summed E-state index contributed by atoms with van der Waals surface area (Å²) < 4.78 is 0. The fourth-order valence-electron chi connectivity index (χ4n) is 4.03. The summed E-state index contributed by atoms with van der Waals surface area (Å²) in [6, 6.07) is 6.56. The Labute approximate surface area is 140 Å². The lowest BCUT2D eigenvalue weighted by atomic mass is 9.92. The van der Waals surface area contributed by atoms with Gasteiger partial charge in [-0.3, -0.25) is 4.79 Å². The summed E-state index contributed by atoms with van der Waals surface area (Å²) in [4.78, 5) is 15.3. The van der Waals surface area contributed by atoms with Crippen molar-refractivity contribution in [3.8, 4) is 0 Å². The van der Waals surface area contributed by atoms with Crippen LogP contribution in [-0.4, -0.2) is 37.0 Å². The second kappa shape index (κ2) is 6.64. The van der Waals surface area contributed by atoms with Crippen LogP contribution in [0.4, 0.5) is 0 Å². The van der Waals surface area contributed by atoms with Gasteiger partial charge in [-0.15, -0.1) is 0 Å². The van der Waals surface area contributed by atoms with E-state index in [9.17, 15) is 4.79 Å². The number of benzene rings is 1. The van der Waals surface area contributed by atoms with Gasteiger partial charge in [0.2, 0.25) is 5.91 Å². The SMILES string of the molecule is CCCN1CC[C@@H](CNC(=O)C2(c3cc(C)cc(C)c3)CC2)C1. The van der Waals surface area contributed by atoms with Crippen LogP contribution in [0.25, 0.3) is 0 Å². The molecule has 0 unspecified atom stereocenters. The second-order valence-electron chi connectivity index (χ2n) is 7.62. The summed E-state index contributed by atoms with van der Waals surface area (Å²) >= 11 is 0. The maximum atomic E-state index is 12.8. The van der Waals surface area contributed by atoms with Crippen molar-refractivity contribution >= 4 is 5.91 Å². The number of amides is 1. The van der Waals surface area contributed by atoms with E-state index in [1.54, 1.807) is 0 Å². The molecular weight excluding hydrogens is 284 g/mol. The second-order valence-corrected chi connectivity index (χ2v) is 7.62. The summed E-state index contributed by atoms with van der Waals surface area (Å²) in [7, 11) is 0. The van der Waals surface area contributed by atoms with E-state index in [2.05, 4.69) is 49.2 Å². The highest BCUT2D eigenvalue weighted by Crippen LogP contribution is 2.48. The quantitative estimate of drug-likeness (QED) is 0.874. The molecule has 1 aromatic carbocycles. The van der Waals surface area contributed by atoms with E-state index in [1.165, 1.54) is 42.6 Å². The number of carbonyl (C=O) groups is 1. The minimum Gasteiger partial charge on any atom is -0.355 e. The van der Waals surface area contributed by atoms with Crippen LogP contribution in [-0.2, 0) is 10.2 Å². The molecule has 3 heteroatoms. The molecule has 2 aliphatic rings. The van der Waals surface area contributed by atoms with Gasteiger partial charge in [-0.25, -0.2) is 0 Å². The third-order valence-electron chi connectivity index (χ3n) is 5.42. The number of rotatable bonds is 6. The van der Waals surface area contributed by atoms with Gasteiger partial charge >= 0.3 is 0 Å². The molecule has 1 amide bonds. The van der Waals surface area contributed by atoms with Gasteiger partial charge in [-0.05, 0) is 64.1 Å². The van der Waals surface area contributed by atoms with Gasteiger partial charge in [-0.1, -0.05) is 36.2 Å². The summed E-state index contributed by atoms with van der Waals surface area (Å²) in [5, 5.41) is 3.26. The first kappa shape index (κ1) is 16.5. The van der Waals surface area contributed by atoms with Crippen LogP contribution >= 0.6 is 0 Å². The van der Waals surface area contributed by atoms with Crippen LogP contribution in [0.1, 0.15) is 49.3 Å². The lowest BCUT2D eigenvalue weighted by molar-refractivity contribution is -0.123. The summed E-state index contributed by atoms with van der Waals surface area (Å²) in [5.74, 6) is 0.872. The van der Waals surface area contributed by atoms with Crippen molar-refractivity contribution in [3.05, 3.63) is 34.9 Å². The van der Waals surface area contributed by atoms with Crippen LogP contribution < -0.4 is 5.32 Å². The molecule has 0 aromatic heterocycles. The van der Waals surface area contributed by atoms with Crippen molar-refractivity contribution in [2.24, 2.45) is 5.92 Å².